The molecule has 0 aliphatic carbocycles. The maximum absolute atomic E-state index is 14.1. The van der Waals surface area contributed by atoms with Crippen molar-refractivity contribution in [1.82, 2.24) is 42.1 Å². The summed E-state index contributed by atoms with van der Waals surface area (Å²) in [6, 6.07) is -10.3. The van der Waals surface area contributed by atoms with Gasteiger partial charge >= 0.3 is 5.97 Å². The normalized spacial score (nSPS) is 17.6. The largest absolute Gasteiger partial charge is 0.480 e. The van der Waals surface area contributed by atoms with Crippen LogP contribution < -0.4 is 48.7 Å². The quantitative estimate of drug-likeness (QED) is 0.0478. The molecule has 1 saturated heterocycles. The van der Waals surface area contributed by atoms with Gasteiger partial charge in [0.25, 0.3) is 0 Å². The van der Waals surface area contributed by atoms with Crippen molar-refractivity contribution in [2.45, 2.75) is 163 Å². The lowest BCUT2D eigenvalue weighted by atomic mass is 9.99. The molecule has 65 heavy (non-hydrogen) atoms. The first-order valence-electron chi connectivity index (χ1n) is 22.3. The summed E-state index contributed by atoms with van der Waals surface area (Å²) < 4.78 is 0. The molecular weight excluding hydrogens is 865 g/mol. The van der Waals surface area contributed by atoms with Gasteiger partial charge in [0.05, 0.1) is 12.5 Å². The van der Waals surface area contributed by atoms with E-state index < -0.39 is 144 Å². The minimum absolute atomic E-state index is 0.0640. The maximum atomic E-state index is 14.1. The predicted molar refractivity (Wildman–Crippen MR) is 245 cm³/mol. The van der Waals surface area contributed by atoms with E-state index in [-0.39, 0.29) is 31.7 Å². The molecule has 1 rings (SSSR count). The summed E-state index contributed by atoms with van der Waals surface area (Å²) in [6.45, 7) is 18.7. The summed E-state index contributed by atoms with van der Waals surface area (Å²) in [5, 5.41) is 28.0. The summed E-state index contributed by atoms with van der Waals surface area (Å²) in [4.78, 5) is 133. The van der Waals surface area contributed by atoms with E-state index in [1.54, 1.807) is 55.4 Å². The van der Waals surface area contributed by atoms with Crippen molar-refractivity contribution >= 4 is 70.9 Å². The van der Waals surface area contributed by atoms with Gasteiger partial charge in [-0.2, -0.15) is 11.8 Å². The van der Waals surface area contributed by atoms with Crippen LogP contribution in [0.5, 0.6) is 0 Å². The van der Waals surface area contributed by atoms with Crippen LogP contribution in [0.4, 0.5) is 0 Å². The number of hydrogen-bond donors (Lipinski definition) is 10. The first-order valence-corrected chi connectivity index (χ1v) is 23.7. The Balaban J connectivity index is 3.19. The molecule has 1 aliphatic heterocycles. The molecule has 0 spiro atoms. The molecule has 370 valence electrons. The maximum Gasteiger partial charge on any atom is 0.326 e. The summed E-state index contributed by atoms with van der Waals surface area (Å²) in [6.07, 6.45) is 2.48. The van der Waals surface area contributed by atoms with Crippen LogP contribution in [0.1, 0.15) is 108 Å². The van der Waals surface area contributed by atoms with Gasteiger partial charge in [-0.15, -0.1) is 0 Å². The van der Waals surface area contributed by atoms with Crippen LogP contribution in [0.3, 0.4) is 0 Å². The highest BCUT2D eigenvalue weighted by Crippen LogP contribution is 2.22. The Morgan fingerprint density at radius 1 is 0.615 bits per heavy atom. The Bertz CT molecular complexity index is 1690. The van der Waals surface area contributed by atoms with Crippen LogP contribution in [0.2, 0.25) is 0 Å². The van der Waals surface area contributed by atoms with E-state index in [1.807, 2.05) is 20.1 Å². The van der Waals surface area contributed by atoms with E-state index >= 15 is 0 Å². The molecule has 0 saturated carbocycles. The van der Waals surface area contributed by atoms with Crippen LogP contribution in [0.25, 0.3) is 0 Å². The van der Waals surface area contributed by atoms with Crippen molar-refractivity contribution in [1.29, 1.82) is 0 Å². The Morgan fingerprint density at radius 2 is 1.09 bits per heavy atom. The third-order valence-electron chi connectivity index (χ3n) is 10.9. The molecule has 9 atom stereocenters. The predicted octanol–water partition coefficient (Wildman–Crippen LogP) is -0.899. The van der Waals surface area contributed by atoms with Gasteiger partial charge in [0, 0.05) is 6.54 Å². The zero-order valence-corrected chi connectivity index (χ0v) is 40.9. The number of primary amides is 1. The van der Waals surface area contributed by atoms with Gasteiger partial charge in [0.2, 0.25) is 53.2 Å². The Morgan fingerprint density at radius 3 is 1.57 bits per heavy atom. The molecule has 0 bridgehead atoms. The second-order valence-electron chi connectivity index (χ2n) is 18.5. The second-order valence-corrected chi connectivity index (χ2v) is 19.5. The number of thioether (sulfide) groups is 1. The topological polar surface area (TPSA) is 330 Å². The number of carbonyl (C=O) groups is 10. The second kappa shape index (κ2) is 27.5. The lowest BCUT2D eigenvalue weighted by Crippen LogP contribution is -2.61. The Labute approximate surface area is 387 Å². The van der Waals surface area contributed by atoms with E-state index in [2.05, 4.69) is 37.2 Å². The number of aliphatic carboxylic acids is 1. The number of nitrogens with one attached hydrogen (secondary N) is 7. The lowest BCUT2D eigenvalue weighted by molar-refractivity contribution is -0.144. The van der Waals surface area contributed by atoms with Crippen LogP contribution in [0.15, 0.2) is 0 Å². The fourth-order valence-corrected chi connectivity index (χ4v) is 7.51. The van der Waals surface area contributed by atoms with Gasteiger partial charge in [0.1, 0.15) is 48.3 Å². The van der Waals surface area contributed by atoms with E-state index in [1.165, 1.54) is 23.6 Å². The summed E-state index contributed by atoms with van der Waals surface area (Å²) in [5.74, 6) is -8.81. The molecule has 0 radical (unpaired) electrons. The van der Waals surface area contributed by atoms with Gasteiger partial charge < -0.3 is 58.7 Å². The molecule has 21 nitrogen and oxygen atoms in total. The molecule has 1 fully saturated rings. The van der Waals surface area contributed by atoms with Crippen molar-refractivity contribution in [3.8, 4) is 0 Å². The van der Waals surface area contributed by atoms with Crippen LogP contribution >= 0.6 is 11.8 Å². The van der Waals surface area contributed by atoms with E-state index in [0.717, 1.165) is 0 Å². The van der Waals surface area contributed by atoms with Gasteiger partial charge in [-0.3, -0.25) is 43.2 Å². The van der Waals surface area contributed by atoms with Crippen molar-refractivity contribution in [2.24, 2.45) is 41.1 Å². The lowest BCUT2D eigenvalue weighted by Gasteiger charge is -2.32. The summed E-state index contributed by atoms with van der Waals surface area (Å²) in [7, 11) is 0. The number of rotatable bonds is 27. The number of carboxylic acid groups (broad SMARTS) is 1. The number of carbonyl (C=O) groups excluding carboxylic acids is 9. The standard InChI is InChI=1S/C43H76N10O11S/c1-20(2)18-28(48-36(56)26(44)19-30(45)54)38(58)51-33(23(7)8)42(62)53-16-13-14-29(53)39(59)47-27(15-17-65-12)37(57)50-31(21(3)4)40(60)46-25(11)35(55)49-32(22(5)6)41(61)52-34(24(9)10)43(63)64/h20-29,31-34H,13-19,44H2,1-12H3,(H2,45,54)(H,46,60)(H,47,59)(H,48,56)(H,49,55)(H,50,57)(H,51,58)(H,52,61)(H,63,64)/t25-,26-,27-,28-,29-,31-,32-,33-,34-/m0/s1. The Kier molecular flexibility index (Phi) is 24.5. The van der Waals surface area contributed by atoms with Crippen LogP contribution in [-0.4, -0.2) is 142 Å². The SMILES string of the molecule is CSCC[C@H](NC(=O)[C@@H]1CCCN1C(=O)[C@@H](NC(=O)[C@H](CC(C)C)NC(=O)[C@@H](N)CC(N)=O)C(C)C)C(=O)N[C@H](C(=O)N[C@@H](C)C(=O)N[C@H](C(=O)N[C@H](C(=O)O)C(C)C)C(C)C)C(C)C. The smallest absolute Gasteiger partial charge is 0.326 e. The van der Waals surface area contributed by atoms with Crippen molar-refractivity contribution in [3.05, 3.63) is 0 Å². The molecule has 9 amide bonds. The van der Waals surface area contributed by atoms with Gasteiger partial charge in [-0.25, -0.2) is 4.79 Å². The highest BCUT2D eigenvalue weighted by molar-refractivity contribution is 7.98. The van der Waals surface area contributed by atoms with Gasteiger partial charge in [0.15, 0.2) is 0 Å². The molecule has 22 heteroatoms. The third-order valence-corrected chi connectivity index (χ3v) is 11.5. The van der Waals surface area contributed by atoms with Crippen LogP contribution in [-0.2, 0) is 47.9 Å². The molecule has 0 unspecified atom stereocenters. The molecule has 1 heterocycles. The molecule has 0 aromatic rings. The fourth-order valence-electron chi connectivity index (χ4n) is 7.04. The Hall–Kier alpha value is -4.99. The highest BCUT2D eigenvalue weighted by Gasteiger charge is 2.41. The number of nitrogens with zero attached hydrogens (tertiary/aromatic N) is 1. The minimum Gasteiger partial charge on any atom is -0.480 e. The van der Waals surface area contributed by atoms with Gasteiger partial charge in [-0.1, -0.05) is 69.2 Å². The van der Waals surface area contributed by atoms with Crippen molar-refractivity contribution in [3.63, 3.8) is 0 Å². The van der Waals surface area contributed by atoms with Crippen LogP contribution in [0, 0.1) is 29.6 Å². The monoisotopic (exact) mass is 941 g/mol. The molecule has 1 aliphatic rings. The highest BCUT2D eigenvalue weighted by atomic mass is 32.2. The molecule has 0 aromatic carbocycles. The van der Waals surface area contributed by atoms with E-state index in [0.29, 0.717) is 12.2 Å². The number of likely N-dealkylation sites (tertiary alicyclic amines) is 1. The first-order chi connectivity index (χ1) is 30.1. The number of hydrogen-bond acceptors (Lipinski definition) is 12. The van der Waals surface area contributed by atoms with Crippen molar-refractivity contribution in [2.75, 3.05) is 18.6 Å². The molecule has 0 aromatic heterocycles. The molecule has 12 N–H and O–H groups in total. The number of nitrogens with two attached hydrogens (primary N) is 2. The third kappa shape index (κ3) is 18.8. The minimum atomic E-state index is -1.28. The van der Waals surface area contributed by atoms with E-state index in [4.69, 9.17) is 11.5 Å². The fraction of sp³-hybridized carbons (Fsp3) is 0.767. The number of amides is 9. The average Bonchev–Trinajstić information content (AvgIpc) is 3.70. The summed E-state index contributed by atoms with van der Waals surface area (Å²) in [5.41, 5.74) is 11.0. The number of carboxylic acids is 1. The zero-order valence-electron chi connectivity index (χ0n) is 40.1. The zero-order chi connectivity index (χ0) is 50.0. The first kappa shape index (κ1) is 58.0. The van der Waals surface area contributed by atoms with E-state index in [9.17, 15) is 53.1 Å². The molecular formula is C43H76N10O11S. The van der Waals surface area contributed by atoms with Gasteiger partial charge in [-0.05, 0) is 74.2 Å². The summed E-state index contributed by atoms with van der Waals surface area (Å²) >= 11 is 1.42. The average molecular weight is 941 g/mol. The van der Waals surface area contributed by atoms with Crippen molar-refractivity contribution < 1.29 is 53.1 Å².